The van der Waals surface area contributed by atoms with Crippen LogP contribution in [0.25, 0.3) is 0 Å². The van der Waals surface area contributed by atoms with E-state index in [1.165, 1.54) is 12.8 Å². The molecule has 2 atom stereocenters. The quantitative estimate of drug-likeness (QED) is 0.734. The Kier molecular flexibility index (Phi) is 3.79. The van der Waals surface area contributed by atoms with Gasteiger partial charge in [-0.3, -0.25) is 0 Å². The number of rotatable bonds is 2. The molecule has 0 saturated carbocycles. The first-order valence-electron chi connectivity index (χ1n) is 5.79. The molecule has 0 bridgehead atoms. The van der Waals surface area contributed by atoms with Crippen molar-refractivity contribution in [2.24, 2.45) is 0 Å². The van der Waals surface area contributed by atoms with Crippen molar-refractivity contribution in [2.75, 3.05) is 13.2 Å². The van der Waals surface area contributed by atoms with Crippen LogP contribution in [0.1, 0.15) is 38.5 Å². The van der Waals surface area contributed by atoms with E-state index < -0.39 is 6.10 Å². The summed E-state index contributed by atoms with van der Waals surface area (Å²) in [6.45, 7) is 1.60. The molecule has 3 heteroatoms. The van der Waals surface area contributed by atoms with E-state index >= 15 is 0 Å². The van der Waals surface area contributed by atoms with E-state index in [1.54, 1.807) is 0 Å². The van der Waals surface area contributed by atoms with E-state index in [1.807, 2.05) is 0 Å². The van der Waals surface area contributed by atoms with Gasteiger partial charge >= 0.3 is 0 Å². The molecule has 2 aliphatic rings. The molecule has 2 aliphatic heterocycles. The normalized spacial score (nSPS) is 36.6. The number of hydrogen-bond acceptors (Lipinski definition) is 3. The van der Waals surface area contributed by atoms with Gasteiger partial charge in [-0.05, 0) is 38.5 Å². The average molecular weight is 200 g/mol. The van der Waals surface area contributed by atoms with Gasteiger partial charge in [-0.25, -0.2) is 0 Å². The summed E-state index contributed by atoms with van der Waals surface area (Å²) in [7, 11) is 0. The second-order valence-electron chi connectivity index (χ2n) is 4.30. The summed E-state index contributed by atoms with van der Waals surface area (Å²) in [5.74, 6) is 0. The molecule has 2 heterocycles. The van der Waals surface area contributed by atoms with Gasteiger partial charge < -0.3 is 14.6 Å². The molecular formula is C11H20O3. The van der Waals surface area contributed by atoms with Gasteiger partial charge in [0.1, 0.15) is 6.10 Å². The molecule has 0 aromatic carbocycles. The van der Waals surface area contributed by atoms with Gasteiger partial charge in [0.15, 0.2) is 0 Å². The van der Waals surface area contributed by atoms with Crippen LogP contribution in [0.3, 0.4) is 0 Å². The summed E-state index contributed by atoms with van der Waals surface area (Å²) in [6.07, 6.45) is 6.23. The number of ether oxygens (including phenoxy) is 2. The maximum absolute atomic E-state index is 10.0. The largest absolute Gasteiger partial charge is 0.388 e. The molecule has 1 N–H and O–H groups in total. The summed E-state index contributed by atoms with van der Waals surface area (Å²) >= 11 is 0. The molecule has 14 heavy (non-hydrogen) atoms. The second kappa shape index (κ2) is 5.10. The first kappa shape index (κ1) is 10.4. The Bertz CT molecular complexity index is 142. The molecule has 2 unspecified atom stereocenters. The summed E-state index contributed by atoms with van der Waals surface area (Å²) in [4.78, 5) is 0. The second-order valence-corrected chi connectivity index (χ2v) is 4.30. The fourth-order valence-electron chi connectivity index (χ4n) is 2.31. The third-order valence-corrected chi connectivity index (χ3v) is 3.19. The van der Waals surface area contributed by atoms with Crippen LogP contribution in [0.15, 0.2) is 0 Å². The third kappa shape index (κ3) is 2.47. The summed E-state index contributed by atoms with van der Waals surface area (Å²) < 4.78 is 11.1. The Hall–Kier alpha value is -0.120. The molecular weight excluding hydrogens is 180 g/mol. The van der Waals surface area contributed by atoms with E-state index in [-0.39, 0.29) is 12.2 Å². The van der Waals surface area contributed by atoms with Gasteiger partial charge in [0.05, 0.1) is 12.2 Å². The van der Waals surface area contributed by atoms with Gasteiger partial charge in [0, 0.05) is 13.2 Å². The van der Waals surface area contributed by atoms with Crippen LogP contribution in [-0.4, -0.2) is 36.6 Å². The first-order valence-corrected chi connectivity index (χ1v) is 5.79. The minimum absolute atomic E-state index is 0.0202. The monoisotopic (exact) mass is 200 g/mol. The Morgan fingerprint density at radius 2 is 1.36 bits per heavy atom. The van der Waals surface area contributed by atoms with Gasteiger partial charge in [0.2, 0.25) is 0 Å². The van der Waals surface area contributed by atoms with Crippen LogP contribution in [0.5, 0.6) is 0 Å². The van der Waals surface area contributed by atoms with Gasteiger partial charge in [-0.15, -0.1) is 0 Å². The fourth-order valence-corrected chi connectivity index (χ4v) is 2.31. The van der Waals surface area contributed by atoms with E-state index in [0.717, 1.165) is 38.9 Å². The maximum atomic E-state index is 10.0. The Labute approximate surface area is 85.4 Å². The predicted molar refractivity (Wildman–Crippen MR) is 53.2 cm³/mol. The predicted octanol–water partition coefficient (Wildman–Crippen LogP) is 1.49. The highest BCUT2D eigenvalue weighted by Crippen LogP contribution is 2.23. The zero-order chi connectivity index (χ0) is 9.80. The van der Waals surface area contributed by atoms with Crippen molar-refractivity contribution in [2.45, 2.75) is 56.8 Å². The van der Waals surface area contributed by atoms with Crippen molar-refractivity contribution in [1.29, 1.82) is 0 Å². The number of aliphatic hydroxyl groups is 1. The van der Waals surface area contributed by atoms with E-state index in [2.05, 4.69) is 0 Å². The summed E-state index contributed by atoms with van der Waals surface area (Å²) in [6, 6.07) is 0. The molecule has 0 amide bonds. The smallest absolute Gasteiger partial charge is 0.106 e. The van der Waals surface area contributed by atoms with E-state index in [0.29, 0.717) is 0 Å². The zero-order valence-corrected chi connectivity index (χ0v) is 8.65. The number of hydrogen-bond donors (Lipinski definition) is 1. The lowest BCUT2D eigenvalue weighted by Gasteiger charge is -2.34. The van der Waals surface area contributed by atoms with Crippen LogP contribution in [0.4, 0.5) is 0 Å². The molecule has 0 aliphatic carbocycles. The molecule has 3 nitrogen and oxygen atoms in total. The maximum Gasteiger partial charge on any atom is 0.106 e. The van der Waals surface area contributed by atoms with Gasteiger partial charge in [-0.1, -0.05) is 0 Å². The number of aliphatic hydroxyl groups excluding tert-OH is 1. The SMILES string of the molecule is OC(C1CCCCO1)C1CCCCO1. The highest BCUT2D eigenvalue weighted by atomic mass is 16.5. The fraction of sp³-hybridized carbons (Fsp3) is 1.00. The molecule has 82 valence electrons. The third-order valence-electron chi connectivity index (χ3n) is 3.19. The Morgan fingerprint density at radius 3 is 1.71 bits per heavy atom. The zero-order valence-electron chi connectivity index (χ0n) is 8.65. The first-order chi connectivity index (χ1) is 6.88. The lowest BCUT2D eigenvalue weighted by molar-refractivity contribution is -0.135. The highest BCUT2D eigenvalue weighted by molar-refractivity contribution is 4.81. The standard InChI is InChI=1S/C11H20O3/c12-11(9-5-1-3-7-13-9)10-6-2-4-8-14-10/h9-12H,1-8H2. The summed E-state index contributed by atoms with van der Waals surface area (Å²) in [5.41, 5.74) is 0. The topological polar surface area (TPSA) is 38.7 Å². The molecule has 2 rings (SSSR count). The van der Waals surface area contributed by atoms with Crippen molar-refractivity contribution in [3.05, 3.63) is 0 Å². The molecule has 0 radical (unpaired) electrons. The van der Waals surface area contributed by atoms with Crippen molar-refractivity contribution in [3.63, 3.8) is 0 Å². The average Bonchev–Trinajstić information content (AvgIpc) is 2.30. The van der Waals surface area contributed by atoms with E-state index in [4.69, 9.17) is 9.47 Å². The van der Waals surface area contributed by atoms with Crippen molar-refractivity contribution in [1.82, 2.24) is 0 Å². The van der Waals surface area contributed by atoms with Crippen LogP contribution in [-0.2, 0) is 9.47 Å². The van der Waals surface area contributed by atoms with Crippen molar-refractivity contribution < 1.29 is 14.6 Å². The molecule has 0 aromatic rings. The van der Waals surface area contributed by atoms with Gasteiger partial charge in [0.25, 0.3) is 0 Å². The van der Waals surface area contributed by atoms with Gasteiger partial charge in [-0.2, -0.15) is 0 Å². The minimum atomic E-state index is -0.407. The molecule has 0 spiro atoms. The molecule has 2 saturated heterocycles. The van der Waals surface area contributed by atoms with Crippen LogP contribution in [0.2, 0.25) is 0 Å². The Morgan fingerprint density at radius 1 is 0.857 bits per heavy atom. The Balaban J connectivity index is 1.82. The minimum Gasteiger partial charge on any atom is -0.388 e. The van der Waals surface area contributed by atoms with Crippen molar-refractivity contribution >= 4 is 0 Å². The van der Waals surface area contributed by atoms with Crippen molar-refractivity contribution in [3.8, 4) is 0 Å². The van der Waals surface area contributed by atoms with E-state index in [9.17, 15) is 5.11 Å². The summed E-state index contributed by atoms with van der Waals surface area (Å²) in [5, 5.41) is 10.0. The lowest BCUT2D eigenvalue weighted by Crippen LogP contribution is -2.43. The molecule has 0 aromatic heterocycles. The van der Waals surface area contributed by atoms with Crippen LogP contribution in [0, 0.1) is 0 Å². The van der Waals surface area contributed by atoms with Crippen LogP contribution < -0.4 is 0 Å². The molecule has 2 fully saturated rings. The highest BCUT2D eigenvalue weighted by Gasteiger charge is 2.31. The lowest BCUT2D eigenvalue weighted by atomic mass is 9.96. The van der Waals surface area contributed by atoms with Crippen LogP contribution >= 0.6 is 0 Å².